The topological polar surface area (TPSA) is 37.3 Å². The van der Waals surface area contributed by atoms with E-state index < -0.39 is 0 Å². The zero-order valence-electron chi connectivity index (χ0n) is 19.4. The predicted octanol–water partition coefficient (Wildman–Crippen LogP) is 6.34. The Kier molecular flexibility index (Phi) is 10.3. The minimum atomic E-state index is 0.125. The monoisotopic (exact) mass is 396 g/mol. The Morgan fingerprint density at radius 3 is 1.72 bits per heavy atom. The fraction of sp³-hybridized carbons (Fsp3) is 0.519. The highest BCUT2D eigenvalue weighted by atomic mass is 16.3. The molecule has 0 aliphatic rings. The lowest BCUT2D eigenvalue weighted by Crippen LogP contribution is -2.11. The van der Waals surface area contributed by atoms with Crippen LogP contribution in [-0.4, -0.2) is 18.0 Å². The van der Waals surface area contributed by atoms with Crippen LogP contribution in [-0.2, 0) is 23.1 Å². The molecule has 0 aliphatic carbocycles. The Morgan fingerprint density at radius 2 is 1.31 bits per heavy atom. The van der Waals surface area contributed by atoms with Crippen LogP contribution >= 0.6 is 0 Å². The minimum absolute atomic E-state index is 0.125. The fourth-order valence-electron chi connectivity index (χ4n) is 3.07. The standard InChI is InChI=1S/C14H22O.C13H18O/c1-11(10-15)9-12-5-7-13(8-6-12)14(2,3)4;1-10(2)13-6-4-12(5-7-13)8-11(3)9-14/h5-8,11,15H,9-10H2,1-4H3;4-7,9-11H,8H2,1-3H3. The molecular formula is C27H40O2. The maximum Gasteiger partial charge on any atom is 0.123 e. The first kappa shape index (κ1) is 25.1. The summed E-state index contributed by atoms with van der Waals surface area (Å²) in [6, 6.07) is 17.3. The molecule has 0 bridgehead atoms. The van der Waals surface area contributed by atoms with E-state index >= 15 is 0 Å². The molecule has 1 N–H and O–H groups in total. The molecule has 160 valence electrons. The van der Waals surface area contributed by atoms with Gasteiger partial charge < -0.3 is 9.90 Å². The van der Waals surface area contributed by atoms with Crippen molar-refractivity contribution < 1.29 is 9.90 Å². The van der Waals surface area contributed by atoms with Gasteiger partial charge in [-0.25, -0.2) is 0 Å². The molecule has 0 spiro atoms. The summed E-state index contributed by atoms with van der Waals surface area (Å²) in [5.41, 5.74) is 5.50. The third-order valence-corrected chi connectivity index (χ3v) is 5.15. The van der Waals surface area contributed by atoms with E-state index in [-0.39, 0.29) is 17.9 Å². The normalized spacial score (nSPS) is 13.4. The average molecular weight is 397 g/mol. The highest BCUT2D eigenvalue weighted by Gasteiger charge is 2.13. The number of carbonyl (C=O) groups excluding carboxylic acids is 1. The number of benzene rings is 2. The lowest BCUT2D eigenvalue weighted by Gasteiger charge is -2.19. The van der Waals surface area contributed by atoms with E-state index in [2.05, 4.69) is 90.1 Å². The molecular weight excluding hydrogens is 356 g/mol. The Hall–Kier alpha value is -1.93. The number of aliphatic hydroxyl groups excluding tert-OH is 1. The van der Waals surface area contributed by atoms with Crippen molar-refractivity contribution in [2.24, 2.45) is 11.8 Å². The summed E-state index contributed by atoms with van der Waals surface area (Å²) >= 11 is 0. The van der Waals surface area contributed by atoms with Gasteiger partial charge in [-0.2, -0.15) is 0 Å². The van der Waals surface area contributed by atoms with Gasteiger partial charge in [0.1, 0.15) is 6.29 Å². The SMILES string of the molecule is CC(C=O)Cc1ccc(C(C)C)cc1.CC(CO)Cc1ccc(C(C)(C)C)cc1. The molecule has 0 fully saturated rings. The van der Waals surface area contributed by atoms with Crippen LogP contribution in [0.5, 0.6) is 0 Å². The number of aldehydes is 1. The lowest BCUT2D eigenvalue weighted by molar-refractivity contribution is -0.110. The van der Waals surface area contributed by atoms with Crippen LogP contribution in [0.1, 0.15) is 76.6 Å². The van der Waals surface area contributed by atoms with Gasteiger partial charge in [-0.1, -0.05) is 97.0 Å². The molecule has 2 unspecified atom stereocenters. The largest absolute Gasteiger partial charge is 0.396 e. The summed E-state index contributed by atoms with van der Waals surface area (Å²) in [4.78, 5) is 10.5. The Bertz CT molecular complexity index is 706. The second-order valence-electron chi connectivity index (χ2n) is 9.65. The van der Waals surface area contributed by atoms with Crippen molar-refractivity contribution in [2.45, 2.75) is 72.6 Å². The second-order valence-corrected chi connectivity index (χ2v) is 9.65. The first-order chi connectivity index (χ1) is 13.6. The highest BCUT2D eigenvalue weighted by molar-refractivity contribution is 5.53. The van der Waals surface area contributed by atoms with Crippen molar-refractivity contribution in [1.29, 1.82) is 0 Å². The van der Waals surface area contributed by atoms with Crippen LogP contribution in [0, 0.1) is 11.8 Å². The zero-order valence-corrected chi connectivity index (χ0v) is 19.4. The third kappa shape index (κ3) is 9.41. The Morgan fingerprint density at radius 1 is 0.828 bits per heavy atom. The van der Waals surface area contributed by atoms with Crippen molar-refractivity contribution in [3.63, 3.8) is 0 Å². The maximum atomic E-state index is 10.5. The number of rotatable bonds is 7. The van der Waals surface area contributed by atoms with E-state index in [1.807, 2.05) is 6.92 Å². The van der Waals surface area contributed by atoms with Crippen LogP contribution in [0.2, 0.25) is 0 Å². The molecule has 2 heteroatoms. The van der Waals surface area contributed by atoms with Crippen LogP contribution in [0.25, 0.3) is 0 Å². The highest BCUT2D eigenvalue weighted by Crippen LogP contribution is 2.22. The van der Waals surface area contributed by atoms with Gasteiger partial charge >= 0.3 is 0 Å². The van der Waals surface area contributed by atoms with Gasteiger partial charge in [0.25, 0.3) is 0 Å². The smallest absolute Gasteiger partial charge is 0.123 e. The van der Waals surface area contributed by atoms with E-state index in [9.17, 15) is 4.79 Å². The molecule has 2 nitrogen and oxygen atoms in total. The van der Waals surface area contributed by atoms with E-state index in [4.69, 9.17) is 5.11 Å². The van der Waals surface area contributed by atoms with Crippen LogP contribution < -0.4 is 0 Å². The molecule has 0 aliphatic heterocycles. The van der Waals surface area contributed by atoms with Gasteiger partial charge in [0, 0.05) is 12.5 Å². The van der Waals surface area contributed by atoms with E-state index in [1.54, 1.807) is 0 Å². The van der Waals surface area contributed by atoms with E-state index in [0.29, 0.717) is 11.8 Å². The van der Waals surface area contributed by atoms with Crippen molar-refractivity contribution in [2.75, 3.05) is 6.61 Å². The first-order valence-electron chi connectivity index (χ1n) is 10.8. The predicted molar refractivity (Wildman–Crippen MR) is 125 cm³/mol. The van der Waals surface area contributed by atoms with Crippen LogP contribution in [0.4, 0.5) is 0 Å². The van der Waals surface area contributed by atoms with Gasteiger partial charge in [0.2, 0.25) is 0 Å². The summed E-state index contributed by atoms with van der Waals surface area (Å²) in [5, 5.41) is 8.98. The van der Waals surface area contributed by atoms with Crippen LogP contribution in [0.15, 0.2) is 48.5 Å². The maximum absolute atomic E-state index is 10.5. The van der Waals surface area contributed by atoms with E-state index in [0.717, 1.165) is 19.1 Å². The Labute approximate surface area is 178 Å². The molecule has 0 saturated heterocycles. The van der Waals surface area contributed by atoms with E-state index in [1.165, 1.54) is 22.3 Å². The molecule has 2 rings (SSSR count). The van der Waals surface area contributed by atoms with Gasteiger partial charge in [-0.15, -0.1) is 0 Å². The van der Waals surface area contributed by atoms with Crippen LogP contribution in [0.3, 0.4) is 0 Å². The summed E-state index contributed by atoms with van der Waals surface area (Å²) in [5.74, 6) is 1.05. The summed E-state index contributed by atoms with van der Waals surface area (Å²) in [6.45, 7) is 15.3. The number of aliphatic hydroxyl groups is 1. The molecule has 2 atom stereocenters. The summed E-state index contributed by atoms with van der Waals surface area (Å²) in [6.07, 6.45) is 2.82. The van der Waals surface area contributed by atoms with Crippen molar-refractivity contribution in [3.05, 3.63) is 70.8 Å². The summed E-state index contributed by atoms with van der Waals surface area (Å²) < 4.78 is 0. The number of carbonyl (C=O) groups is 1. The molecule has 0 heterocycles. The van der Waals surface area contributed by atoms with Crippen molar-refractivity contribution in [3.8, 4) is 0 Å². The van der Waals surface area contributed by atoms with Crippen molar-refractivity contribution >= 4 is 6.29 Å². The number of hydrogen-bond donors (Lipinski definition) is 1. The summed E-state index contributed by atoms with van der Waals surface area (Å²) in [7, 11) is 0. The Balaban J connectivity index is 0.000000291. The molecule has 0 saturated carbocycles. The third-order valence-electron chi connectivity index (χ3n) is 5.15. The molecule has 0 amide bonds. The molecule has 2 aromatic rings. The van der Waals surface area contributed by atoms with Crippen molar-refractivity contribution in [1.82, 2.24) is 0 Å². The van der Waals surface area contributed by atoms with Gasteiger partial charge in [0.05, 0.1) is 0 Å². The van der Waals surface area contributed by atoms with Gasteiger partial charge in [-0.3, -0.25) is 0 Å². The average Bonchev–Trinajstić information content (AvgIpc) is 2.68. The fourth-order valence-corrected chi connectivity index (χ4v) is 3.07. The molecule has 29 heavy (non-hydrogen) atoms. The lowest BCUT2D eigenvalue weighted by atomic mass is 9.86. The van der Waals surface area contributed by atoms with Gasteiger partial charge in [0.15, 0.2) is 0 Å². The molecule has 0 aromatic heterocycles. The first-order valence-corrected chi connectivity index (χ1v) is 10.8. The quantitative estimate of drug-likeness (QED) is 0.554. The molecule has 0 radical (unpaired) electrons. The minimum Gasteiger partial charge on any atom is -0.396 e. The second kappa shape index (κ2) is 11.9. The van der Waals surface area contributed by atoms with Gasteiger partial charge in [-0.05, 0) is 52.3 Å². The number of hydrogen-bond acceptors (Lipinski definition) is 2. The molecule has 2 aromatic carbocycles. The zero-order chi connectivity index (χ0) is 22.0.